The summed E-state index contributed by atoms with van der Waals surface area (Å²) in [6.45, 7) is 4.86. The third kappa shape index (κ3) is 6.02. The van der Waals surface area contributed by atoms with Crippen LogP contribution in [-0.4, -0.2) is 72.6 Å². The third-order valence-electron chi connectivity index (χ3n) is 5.02. The highest BCUT2D eigenvalue weighted by Crippen LogP contribution is 2.36. The smallest absolute Gasteiger partial charge is 0.201 e. The van der Waals surface area contributed by atoms with Gasteiger partial charge in [-0.1, -0.05) is 5.21 Å². The zero-order valence-electron chi connectivity index (χ0n) is 18.1. The van der Waals surface area contributed by atoms with E-state index in [1.54, 1.807) is 10.9 Å². The lowest BCUT2D eigenvalue weighted by Gasteiger charge is -2.26. The highest BCUT2D eigenvalue weighted by Gasteiger charge is 2.21. The van der Waals surface area contributed by atoms with Gasteiger partial charge in [0.1, 0.15) is 0 Å². The Kier molecular flexibility index (Phi) is 8.15. The van der Waals surface area contributed by atoms with E-state index in [0.29, 0.717) is 62.9 Å². The average molecular weight is 481 g/mol. The summed E-state index contributed by atoms with van der Waals surface area (Å²) >= 11 is 1.45. The van der Waals surface area contributed by atoms with Crippen LogP contribution in [0.5, 0.6) is 5.75 Å². The van der Waals surface area contributed by atoms with E-state index in [9.17, 15) is 8.78 Å². The van der Waals surface area contributed by atoms with Crippen molar-refractivity contribution in [2.24, 2.45) is 5.73 Å². The Morgan fingerprint density at radius 2 is 2.00 bits per heavy atom. The Bertz CT molecular complexity index is 1040. The van der Waals surface area contributed by atoms with E-state index in [-0.39, 0.29) is 12.4 Å². The largest absolute Gasteiger partial charge is 0.489 e. The fourth-order valence-corrected chi connectivity index (χ4v) is 4.21. The predicted molar refractivity (Wildman–Crippen MR) is 120 cm³/mol. The van der Waals surface area contributed by atoms with E-state index >= 15 is 0 Å². The van der Waals surface area contributed by atoms with E-state index in [2.05, 4.69) is 20.2 Å². The van der Waals surface area contributed by atoms with Crippen LogP contribution in [0.4, 0.5) is 13.9 Å². The predicted octanol–water partition coefficient (Wildman–Crippen LogP) is 2.11. The number of nitrogens with zero attached hydrogens (tertiary/aromatic N) is 5. The summed E-state index contributed by atoms with van der Waals surface area (Å²) in [5.41, 5.74) is 7.01. The molecule has 12 heteroatoms. The van der Waals surface area contributed by atoms with Crippen molar-refractivity contribution in [2.75, 3.05) is 57.6 Å². The lowest BCUT2D eigenvalue weighted by atomic mass is 10.1. The van der Waals surface area contributed by atoms with Gasteiger partial charge in [0.2, 0.25) is 5.82 Å². The molecule has 0 atom stereocenters. The molecule has 1 fully saturated rings. The molecule has 9 nitrogen and oxygen atoms in total. The molecule has 1 aliphatic rings. The fraction of sp³-hybridized carbons (Fsp3) is 0.476. The quantitative estimate of drug-likeness (QED) is 0.417. The standard InChI is InChI=1S/C21H26F2N6O3S/c22-17-2-1-16(18-14-33-21(25-18)28-5-10-31-11-6-28)20(19(17)23)32-8-3-15-13-29(27-26-15)7-12-30-9-4-24/h1-2,13-14H,3-12,24H2. The number of halogens is 2. The molecular weight excluding hydrogens is 454 g/mol. The molecule has 3 aromatic rings. The first kappa shape index (κ1) is 23.5. The van der Waals surface area contributed by atoms with Crippen LogP contribution in [0, 0.1) is 11.6 Å². The Hall–Kier alpha value is -2.67. The van der Waals surface area contributed by atoms with E-state index in [0.717, 1.165) is 24.3 Å². The minimum atomic E-state index is -1.03. The summed E-state index contributed by atoms with van der Waals surface area (Å²) in [7, 11) is 0. The molecule has 1 aliphatic heterocycles. The normalized spacial score (nSPS) is 14.1. The maximum atomic E-state index is 14.6. The Balaban J connectivity index is 1.40. The Morgan fingerprint density at radius 3 is 2.82 bits per heavy atom. The first-order valence-electron chi connectivity index (χ1n) is 10.7. The van der Waals surface area contributed by atoms with Gasteiger partial charge in [0, 0.05) is 43.2 Å². The Labute approximate surface area is 194 Å². The van der Waals surface area contributed by atoms with Gasteiger partial charge in [0.05, 0.1) is 51.0 Å². The summed E-state index contributed by atoms with van der Waals surface area (Å²) in [5, 5.41) is 10.7. The first-order valence-corrected chi connectivity index (χ1v) is 11.6. The van der Waals surface area contributed by atoms with Crippen molar-refractivity contribution in [1.82, 2.24) is 20.0 Å². The lowest BCUT2D eigenvalue weighted by Crippen LogP contribution is -2.36. The zero-order valence-corrected chi connectivity index (χ0v) is 18.9. The second-order valence-corrected chi connectivity index (χ2v) is 8.16. The number of ether oxygens (including phenoxy) is 3. The van der Waals surface area contributed by atoms with E-state index in [1.165, 1.54) is 17.4 Å². The molecular formula is C21H26F2N6O3S. The molecule has 1 aromatic carbocycles. The highest BCUT2D eigenvalue weighted by molar-refractivity contribution is 7.14. The summed E-state index contributed by atoms with van der Waals surface area (Å²) in [6, 6.07) is 2.58. The van der Waals surface area contributed by atoms with Crippen molar-refractivity contribution in [3.63, 3.8) is 0 Å². The topological polar surface area (TPSA) is 101 Å². The van der Waals surface area contributed by atoms with Crippen LogP contribution in [0.1, 0.15) is 5.69 Å². The van der Waals surface area contributed by atoms with Crippen LogP contribution >= 0.6 is 11.3 Å². The van der Waals surface area contributed by atoms with Crippen molar-refractivity contribution in [3.05, 3.63) is 41.0 Å². The minimum absolute atomic E-state index is 0.107. The number of hydrogen-bond donors (Lipinski definition) is 1. The maximum absolute atomic E-state index is 14.6. The summed E-state index contributed by atoms with van der Waals surface area (Å²) in [5.74, 6) is -2.16. The molecule has 0 unspecified atom stereocenters. The molecule has 0 bridgehead atoms. The van der Waals surface area contributed by atoms with Crippen molar-refractivity contribution in [2.45, 2.75) is 13.0 Å². The highest BCUT2D eigenvalue weighted by atomic mass is 32.1. The number of thiazole rings is 1. The number of hydrogen-bond acceptors (Lipinski definition) is 9. The fourth-order valence-electron chi connectivity index (χ4n) is 3.33. The lowest BCUT2D eigenvalue weighted by molar-refractivity contribution is 0.122. The van der Waals surface area contributed by atoms with E-state index in [4.69, 9.17) is 19.9 Å². The van der Waals surface area contributed by atoms with Crippen molar-refractivity contribution >= 4 is 16.5 Å². The van der Waals surface area contributed by atoms with E-state index in [1.807, 2.05) is 5.38 Å². The van der Waals surface area contributed by atoms with E-state index < -0.39 is 11.6 Å². The average Bonchev–Trinajstić information content (AvgIpc) is 3.50. The molecule has 0 radical (unpaired) electrons. The number of rotatable bonds is 11. The van der Waals surface area contributed by atoms with Crippen molar-refractivity contribution in [3.8, 4) is 17.0 Å². The molecule has 2 aromatic heterocycles. The van der Waals surface area contributed by atoms with Gasteiger partial charge in [-0.05, 0) is 12.1 Å². The number of aromatic nitrogens is 4. The van der Waals surface area contributed by atoms with Gasteiger partial charge in [-0.25, -0.2) is 14.1 Å². The number of morpholine rings is 1. The molecule has 1 saturated heterocycles. The molecule has 178 valence electrons. The van der Waals surface area contributed by atoms with Gasteiger partial charge < -0.3 is 24.8 Å². The molecule has 3 heterocycles. The Morgan fingerprint density at radius 1 is 1.15 bits per heavy atom. The molecule has 2 N–H and O–H groups in total. The van der Waals surface area contributed by atoms with Crippen LogP contribution in [0.3, 0.4) is 0 Å². The second-order valence-electron chi connectivity index (χ2n) is 7.33. The maximum Gasteiger partial charge on any atom is 0.201 e. The molecule has 33 heavy (non-hydrogen) atoms. The minimum Gasteiger partial charge on any atom is -0.489 e. The third-order valence-corrected chi connectivity index (χ3v) is 5.92. The SMILES string of the molecule is NCCOCCn1cc(CCOc2c(-c3csc(N4CCOCC4)n3)ccc(F)c2F)nn1. The van der Waals surface area contributed by atoms with Crippen LogP contribution < -0.4 is 15.4 Å². The van der Waals surface area contributed by atoms with Gasteiger partial charge in [0.25, 0.3) is 0 Å². The summed E-state index contributed by atoms with van der Waals surface area (Å²) < 4.78 is 46.6. The van der Waals surface area contributed by atoms with Crippen molar-refractivity contribution < 1.29 is 23.0 Å². The number of benzene rings is 1. The van der Waals surface area contributed by atoms with Crippen LogP contribution in [0.15, 0.2) is 23.7 Å². The molecule has 0 amide bonds. The summed E-state index contributed by atoms with van der Waals surface area (Å²) in [6.07, 6.45) is 2.15. The van der Waals surface area contributed by atoms with Gasteiger partial charge >= 0.3 is 0 Å². The van der Waals surface area contributed by atoms with Gasteiger partial charge in [-0.3, -0.25) is 0 Å². The number of anilines is 1. The summed E-state index contributed by atoms with van der Waals surface area (Å²) in [4.78, 5) is 6.73. The van der Waals surface area contributed by atoms with Crippen LogP contribution in [0.25, 0.3) is 11.3 Å². The van der Waals surface area contributed by atoms with Gasteiger partial charge in [-0.2, -0.15) is 4.39 Å². The molecule has 0 aliphatic carbocycles. The number of nitrogens with two attached hydrogens (primary N) is 1. The molecule has 4 rings (SSSR count). The van der Waals surface area contributed by atoms with Crippen LogP contribution in [-0.2, 0) is 22.4 Å². The second kappa shape index (κ2) is 11.5. The van der Waals surface area contributed by atoms with Crippen molar-refractivity contribution in [1.29, 1.82) is 0 Å². The molecule has 0 spiro atoms. The monoisotopic (exact) mass is 480 g/mol. The van der Waals surface area contributed by atoms with Crippen LogP contribution in [0.2, 0.25) is 0 Å². The van der Waals surface area contributed by atoms with Gasteiger partial charge in [-0.15, -0.1) is 16.4 Å². The zero-order chi connectivity index (χ0) is 23.0. The first-order chi connectivity index (χ1) is 16.2. The molecule has 0 saturated carbocycles. The van der Waals surface area contributed by atoms with Gasteiger partial charge in [0.15, 0.2) is 16.7 Å².